The zero-order valence-electron chi connectivity index (χ0n) is 8.61. The van der Waals surface area contributed by atoms with Gasteiger partial charge in [0.05, 0.1) is 5.56 Å². The third kappa shape index (κ3) is 2.51. The van der Waals surface area contributed by atoms with E-state index in [4.69, 9.17) is 5.84 Å². The van der Waals surface area contributed by atoms with Gasteiger partial charge in [-0.05, 0) is 12.5 Å². The van der Waals surface area contributed by atoms with E-state index in [0.717, 1.165) is 0 Å². The highest BCUT2D eigenvalue weighted by Crippen LogP contribution is 2.34. The quantitative estimate of drug-likeness (QED) is 0.481. The average molecular weight is 236 g/mol. The van der Waals surface area contributed by atoms with Gasteiger partial charge in [0.15, 0.2) is 0 Å². The van der Waals surface area contributed by atoms with Gasteiger partial charge in [0.25, 0.3) is 0 Å². The molecule has 0 radical (unpaired) electrons. The Hall–Kier alpha value is -1.14. The van der Waals surface area contributed by atoms with Crippen LogP contribution in [0.1, 0.15) is 30.5 Å². The van der Waals surface area contributed by atoms with Crippen molar-refractivity contribution < 1.29 is 17.6 Å². The van der Waals surface area contributed by atoms with Crippen molar-refractivity contribution in [3.63, 3.8) is 0 Å². The summed E-state index contributed by atoms with van der Waals surface area (Å²) in [5, 5.41) is 0. The van der Waals surface area contributed by atoms with Crippen LogP contribution in [-0.2, 0) is 6.18 Å². The maximum absolute atomic E-state index is 13.6. The molecule has 0 aliphatic rings. The van der Waals surface area contributed by atoms with Crippen molar-refractivity contribution >= 4 is 0 Å². The second-order valence-corrected chi connectivity index (χ2v) is 3.33. The molecule has 0 amide bonds. The molecule has 0 fully saturated rings. The van der Waals surface area contributed by atoms with Gasteiger partial charge in [-0.2, -0.15) is 13.2 Å². The van der Waals surface area contributed by atoms with Gasteiger partial charge < -0.3 is 0 Å². The Morgan fingerprint density at radius 1 is 1.38 bits per heavy atom. The first-order chi connectivity index (χ1) is 7.41. The molecule has 0 aromatic heterocycles. The molecule has 1 aromatic rings. The summed E-state index contributed by atoms with van der Waals surface area (Å²) in [6, 6.07) is 2.55. The smallest absolute Gasteiger partial charge is 0.271 e. The maximum Gasteiger partial charge on any atom is 0.419 e. The van der Waals surface area contributed by atoms with Gasteiger partial charge in [-0.1, -0.05) is 19.1 Å². The van der Waals surface area contributed by atoms with Crippen LogP contribution in [0.5, 0.6) is 0 Å². The highest BCUT2D eigenvalue weighted by molar-refractivity contribution is 5.30. The zero-order valence-corrected chi connectivity index (χ0v) is 8.61. The van der Waals surface area contributed by atoms with E-state index in [1.165, 1.54) is 12.1 Å². The first kappa shape index (κ1) is 12.9. The van der Waals surface area contributed by atoms with E-state index < -0.39 is 23.6 Å². The summed E-state index contributed by atoms with van der Waals surface area (Å²) in [6.07, 6.45) is -4.29. The lowest BCUT2D eigenvalue weighted by Crippen LogP contribution is -2.28. The van der Waals surface area contributed by atoms with Gasteiger partial charge in [0, 0.05) is 11.6 Å². The van der Waals surface area contributed by atoms with E-state index >= 15 is 0 Å². The molecule has 16 heavy (non-hydrogen) atoms. The first-order valence-corrected chi connectivity index (χ1v) is 4.73. The number of hydrogen-bond donors (Lipinski definition) is 2. The van der Waals surface area contributed by atoms with E-state index in [-0.39, 0.29) is 5.56 Å². The monoisotopic (exact) mass is 236 g/mol. The molecule has 1 unspecified atom stereocenters. The Balaban J connectivity index is 3.23. The lowest BCUT2D eigenvalue weighted by atomic mass is 10.0. The highest BCUT2D eigenvalue weighted by Gasteiger charge is 2.35. The number of hydrogen-bond acceptors (Lipinski definition) is 2. The van der Waals surface area contributed by atoms with Crippen molar-refractivity contribution in [1.29, 1.82) is 0 Å². The highest BCUT2D eigenvalue weighted by atomic mass is 19.4. The second-order valence-electron chi connectivity index (χ2n) is 3.33. The van der Waals surface area contributed by atoms with Crippen LogP contribution >= 0.6 is 0 Å². The molecule has 1 aromatic carbocycles. The van der Waals surface area contributed by atoms with Gasteiger partial charge in [0.2, 0.25) is 0 Å². The SMILES string of the molecule is CCC(NN)c1cccc(C(F)(F)F)c1F. The first-order valence-electron chi connectivity index (χ1n) is 4.73. The molecule has 3 N–H and O–H groups in total. The summed E-state index contributed by atoms with van der Waals surface area (Å²) in [6.45, 7) is 1.70. The van der Waals surface area contributed by atoms with Crippen molar-refractivity contribution in [2.75, 3.05) is 0 Å². The normalized spacial score (nSPS) is 13.9. The Morgan fingerprint density at radius 3 is 2.44 bits per heavy atom. The van der Waals surface area contributed by atoms with Crippen molar-refractivity contribution in [3.05, 3.63) is 35.1 Å². The lowest BCUT2D eigenvalue weighted by Gasteiger charge is -2.17. The number of nitrogens with two attached hydrogens (primary N) is 1. The lowest BCUT2D eigenvalue weighted by molar-refractivity contribution is -0.140. The fraction of sp³-hybridized carbons (Fsp3) is 0.400. The Labute approximate surface area is 90.4 Å². The molecule has 1 rings (SSSR count). The zero-order chi connectivity index (χ0) is 12.3. The fourth-order valence-corrected chi connectivity index (χ4v) is 1.47. The van der Waals surface area contributed by atoms with Gasteiger partial charge in [-0.3, -0.25) is 11.3 Å². The van der Waals surface area contributed by atoms with Gasteiger partial charge in [-0.25, -0.2) is 4.39 Å². The molecule has 0 saturated heterocycles. The number of alkyl halides is 3. The van der Waals surface area contributed by atoms with E-state index in [1.54, 1.807) is 6.92 Å². The van der Waals surface area contributed by atoms with Gasteiger partial charge in [0.1, 0.15) is 5.82 Å². The number of rotatable bonds is 3. The van der Waals surface area contributed by atoms with E-state index in [0.29, 0.717) is 12.5 Å². The third-order valence-electron chi connectivity index (χ3n) is 2.32. The van der Waals surface area contributed by atoms with Crippen LogP contribution < -0.4 is 11.3 Å². The molecule has 0 aliphatic carbocycles. The van der Waals surface area contributed by atoms with Gasteiger partial charge >= 0.3 is 6.18 Å². The summed E-state index contributed by atoms with van der Waals surface area (Å²) in [7, 11) is 0. The molecular formula is C10H12F4N2. The Kier molecular flexibility index (Phi) is 3.88. The van der Waals surface area contributed by atoms with Crippen LogP contribution in [0.2, 0.25) is 0 Å². The molecule has 2 nitrogen and oxygen atoms in total. The van der Waals surface area contributed by atoms with Crippen molar-refractivity contribution in [2.24, 2.45) is 5.84 Å². The van der Waals surface area contributed by atoms with Crippen molar-refractivity contribution in [1.82, 2.24) is 5.43 Å². The number of benzene rings is 1. The number of hydrazine groups is 1. The minimum absolute atomic E-state index is 0.0696. The Bertz CT molecular complexity index is 358. The van der Waals surface area contributed by atoms with Crippen LogP contribution in [0.15, 0.2) is 18.2 Å². The van der Waals surface area contributed by atoms with E-state index in [2.05, 4.69) is 5.43 Å². The van der Waals surface area contributed by atoms with Gasteiger partial charge in [-0.15, -0.1) is 0 Å². The second kappa shape index (κ2) is 4.80. The van der Waals surface area contributed by atoms with Crippen LogP contribution in [0, 0.1) is 5.82 Å². The fourth-order valence-electron chi connectivity index (χ4n) is 1.47. The molecule has 0 saturated carbocycles. The summed E-state index contributed by atoms with van der Waals surface area (Å²) >= 11 is 0. The minimum Gasteiger partial charge on any atom is -0.271 e. The van der Waals surface area contributed by atoms with Crippen LogP contribution in [0.3, 0.4) is 0 Å². The maximum atomic E-state index is 13.6. The molecule has 0 aliphatic heterocycles. The molecule has 6 heteroatoms. The number of nitrogens with one attached hydrogen (secondary N) is 1. The molecule has 0 spiro atoms. The minimum atomic E-state index is -4.69. The summed E-state index contributed by atoms with van der Waals surface area (Å²) in [5.74, 6) is 3.88. The average Bonchev–Trinajstić information content (AvgIpc) is 2.20. The summed E-state index contributed by atoms with van der Waals surface area (Å²) in [5.41, 5.74) is 0.945. The van der Waals surface area contributed by atoms with Crippen LogP contribution in [0.25, 0.3) is 0 Å². The van der Waals surface area contributed by atoms with E-state index in [1.807, 2.05) is 0 Å². The molecule has 0 heterocycles. The molecule has 0 bridgehead atoms. The van der Waals surface area contributed by atoms with Crippen LogP contribution in [0.4, 0.5) is 17.6 Å². The Morgan fingerprint density at radius 2 is 2.00 bits per heavy atom. The number of halogens is 4. The molecular weight excluding hydrogens is 224 g/mol. The summed E-state index contributed by atoms with van der Waals surface area (Å²) < 4.78 is 50.8. The predicted octanol–water partition coefficient (Wildman–Crippen LogP) is 2.76. The third-order valence-corrected chi connectivity index (χ3v) is 2.32. The van der Waals surface area contributed by atoms with Crippen molar-refractivity contribution in [2.45, 2.75) is 25.6 Å². The molecule has 1 atom stereocenters. The van der Waals surface area contributed by atoms with E-state index in [9.17, 15) is 17.6 Å². The topological polar surface area (TPSA) is 38.0 Å². The van der Waals surface area contributed by atoms with Crippen molar-refractivity contribution in [3.8, 4) is 0 Å². The largest absolute Gasteiger partial charge is 0.419 e. The summed E-state index contributed by atoms with van der Waals surface area (Å²) in [4.78, 5) is 0. The standard InChI is InChI=1S/C10H12F4N2/c1-2-8(16-15)6-4-3-5-7(9(6)11)10(12,13)14/h3-5,8,16H,2,15H2,1H3. The van der Waals surface area contributed by atoms with Crippen LogP contribution in [-0.4, -0.2) is 0 Å². The predicted molar refractivity (Wildman–Crippen MR) is 51.8 cm³/mol. The molecule has 90 valence electrons.